The van der Waals surface area contributed by atoms with Gasteiger partial charge in [0.25, 0.3) is 0 Å². The van der Waals surface area contributed by atoms with Gasteiger partial charge in [0.15, 0.2) is 0 Å². The van der Waals surface area contributed by atoms with Crippen molar-refractivity contribution in [2.75, 3.05) is 37.6 Å². The number of hydrogen-bond acceptors (Lipinski definition) is 4. The summed E-state index contributed by atoms with van der Waals surface area (Å²) in [7, 11) is 0. The number of nitrogens with one attached hydrogen (secondary N) is 1. The molecule has 0 unspecified atom stereocenters. The molecule has 21 heavy (non-hydrogen) atoms. The lowest BCUT2D eigenvalue weighted by atomic mass is 10.0. The molecule has 0 amide bonds. The van der Waals surface area contributed by atoms with E-state index in [1.807, 2.05) is 12.3 Å². The maximum absolute atomic E-state index is 4.64. The van der Waals surface area contributed by atoms with E-state index in [0.717, 1.165) is 45.1 Å². The van der Waals surface area contributed by atoms with E-state index in [9.17, 15) is 0 Å². The van der Waals surface area contributed by atoms with E-state index >= 15 is 0 Å². The summed E-state index contributed by atoms with van der Waals surface area (Å²) >= 11 is 0. The molecule has 1 N–H and O–H groups in total. The van der Waals surface area contributed by atoms with Crippen LogP contribution in [0, 0.1) is 0 Å². The fourth-order valence-electron chi connectivity index (χ4n) is 2.84. The summed E-state index contributed by atoms with van der Waals surface area (Å²) in [5, 5.41) is 3.49. The topological polar surface area (TPSA) is 31.4 Å². The molecule has 0 aliphatic carbocycles. The van der Waals surface area contributed by atoms with Gasteiger partial charge in [-0.3, -0.25) is 4.90 Å². The zero-order valence-electron chi connectivity index (χ0n) is 14.0. The summed E-state index contributed by atoms with van der Waals surface area (Å²) in [5.74, 6) is 1.16. The normalized spacial score (nSPS) is 17.2. The first kappa shape index (κ1) is 16.2. The van der Waals surface area contributed by atoms with Gasteiger partial charge in [0.2, 0.25) is 0 Å². The van der Waals surface area contributed by atoms with Crippen molar-refractivity contribution < 1.29 is 0 Å². The number of pyridine rings is 1. The van der Waals surface area contributed by atoms with Gasteiger partial charge in [-0.2, -0.15) is 0 Å². The first-order chi connectivity index (χ1) is 10.0. The third-order valence-electron chi connectivity index (χ3n) is 4.14. The van der Waals surface area contributed by atoms with Crippen molar-refractivity contribution in [2.45, 2.75) is 46.2 Å². The smallest absolute Gasteiger partial charge is 0.133 e. The van der Waals surface area contributed by atoms with Gasteiger partial charge < -0.3 is 10.2 Å². The molecular formula is C17H30N4. The second-order valence-corrected chi connectivity index (χ2v) is 6.81. The Balaban J connectivity index is 1.99. The van der Waals surface area contributed by atoms with Crippen LogP contribution in [0.3, 0.4) is 0 Å². The molecule has 0 spiro atoms. The van der Waals surface area contributed by atoms with Crippen LogP contribution in [0.5, 0.6) is 0 Å². The van der Waals surface area contributed by atoms with Crippen molar-refractivity contribution in [1.29, 1.82) is 0 Å². The lowest BCUT2D eigenvalue weighted by Gasteiger charge is -2.43. The average Bonchev–Trinajstić information content (AvgIpc) is 2.47. The van der Waals surface area contributed by atoms with Crippen LogP contribution in [0.15, 0.2) is 18.3 Å². The average molecular weight is 290 g/mol. The minimum absolute atomic E-state index is 0.266. The molecule has 1 aromatic rings. The van der Waals surface area contributed by atoms with Crippen LogP contribution in [0.2, 0.25) is 0 Å². The number of anilines is 1. The lowest BCUT2D eigenvalue weighted by molar-refractivity contribution is 0.128. The Kier molecular flexibility index (Phi) is 5.59. The number of rotatable bonds is 5. The van der Waals surface area contributed by atoms with E-state index in [2.05, 4.69) is 53.9 Å². The zero-order chi connectivity index (χ0) is 15.3. The number of hydrogen-bond donors (Lipinski definition) is 1. The monoisotopic (exact) mass is 290 g/mol. The van der Waals surface area contributed by atoms with Gasteiger partial charge in [-0.25, -0.2) is 4.98 Å². The van der Waals surface area contributed by atoms with E-state index in [-0.39, 0.29) is 5.54 Å². The van der Waals surface area contributed by atoms with Gasteiger partial charge in [0.05, 0.1) is 0 Å². The van der Waals surface area contributed by atoms with Crippen LogP contribution in [0.1, 0.15) is 39.7 Å². The highest BCUT2D eigenvalue weighted by atomic mass is 15.3. The van der Waals surface area contributed by atoms with Crippen molar-refractivity contribution in [2.24, 2.45) is 0 Å². The van der Waals surface area contributed by atoms with Crippen molar-refractivity contribution in [3.05, 3.63) is 23.9 Å². The van der Waals surface area contributed by atoms with Gasteiger partial charge in [-0.15, -0.1) is 0 Å². The Morgan fingerprint density at radius 3 is 2.52 bits per heavy atom. The van der Waals surface area contributed by atoms with Gasteiger partial charge >= 0.3 is 0 Å². The summed E-state index contributed by atoms with van der Waals surface area (Å²) in [6.07, 6.45) is 3.08. The predicted molar refractivity (Wildman–Crippen MR) is 89.8 cm³/mol. The van der Waals surface area contributed by atoms with Crippen molar-refractivity contribution >= 4 is 5.82 Å². The molecule has 2 rings (SSSR count). The molecule has 118 valence electrons. The van der Waals surface area contributed by atoms with Crippen molar-refractivity contribution in [1.82, 2.24) is 15.2 Å². The maximum Gasteiger partial charge on any atom is 0.133 e. The summed E-state index contributed by atoms with van der Waals surface area (Å²) in [4.78, 5) is 9.63. The van der Waals surface area contributed by atoms with E-state index in [4.69, 9.17) is 0 Å². The highest BCUT2D eigenvalue weighted by Gasteiger charge is 2.26. The molecule has 0 radical (unpaired) electrons. The first-order valence-corrected chi connectivity index (χ1v) is 8.17. The molecule has 1 aromatic heterocycles. The minimum Gasteiger partial charge on any atom is -0.354 e. The Morgan fingerprint density at radius 1 is 1.19 bits per heavy atom. The van der Waals surface area contributed by atoms with E-state index < -0.39 is 0 Å². The highest BCUT2D eigenvalue weighted by Crippen LogP contribution is 2.22. The third kappa shape index (κ3) is 4.42. The lowest BCUT2D eigenvalue weighted by Crippen LogP contribution is -2.53. The molecule has 4 heteroatoms. The molecule has 1 fully saturated rings. The van der Waals surface area contributed by atoms with Gasteiger partial charge in [-0.05, 0) is 39.8 Å². The molecule has 2 heterocycles. The Hall–Kier alpha value is -1.13. The number of aromatic nitrogens is 1. The molecule has 0 aromatic carbocycles. The van der Waals surface area contributed by atoms with Crippen LogP contribution in [0.25, 0.3) is 0 Å². The number of piperazine rings is 1. The van der Waals surface area contributed by atoms with Crippen LogP contribution < -0.4 is 10.2 Å². The molecule has 4 nitrogen and oxygen atoms in total. The predicted octanol–water partition coefficient (Wildman–Crippen LogP) is 2.50. The molecule has 1 aliphatic rings. The van der Waals surface area contributed by atoms with Gasteiger partial charge in [0.1, 0.15) is 5.82 Å². The summed E-state index contributed by atoms with van der Waals surface area (Å²) in [6.45, 7) is 15.4. The van der Waals surface area contributed by atoms with E-state index in [1.165, 1.54) is 12.0 Å². The molecule has 1 aliphatic heterocycles. The van der Waals surface area contributed by atoms with Crippen LogP contribution in [-0.2, 0) is 6.54 Å². The van der Waals surface area contributed by atoms with Gasteiger partial charge in [-0.1, -0.05) is 13.0 Å². The molecular weight excluding hydrogens is 260 g/mol. The summed E-state index contributed by atoms with van der Waals surface area (Å²) in [5.41, 5.74) is 1.58. The second-order valence-electron chi connectivity index (χ2n) is 6.81. The second kappa shape index (κ2) is 7.23. The third-order valence-corrected chi connectivity index (χ3v) is 4.14. The number of nitrogens with zero attached hydrogens (tertiary/aromatic N) is 3. The van der Waals surface area contributed by atoms with Gasteiger partial charge in [0, 0.05) is 50.0 Å². The molecule has 1 saturated heterocycles. The van der Waals surface area contributed by atoms with E-state index in [1.54, 1.807) is 0 Å². The fraction of sp³-hybridized carbons (Fsp3) is 0.706. The standard InChI is InChI=1S/C17H30N4/c1-5-8-18-14-15-7-6-9-19-16(15)20-10-12-21(13-11-20)17(2,3)4/h6-7,9,18H,5,8,10-14H2,1-4H3. The molecule has 0 atom stereocenters. The molecule has 0 saturated carbocycles. The Bertz CT molecular complexity index is 431. The van der Waals surface area contributed by atoms with Crippen LogP contribution in [-0.4, -0.2) is 48.1 Å². The quantitative estimate of drug-likeness (QED) is 0.844. The SMILES string of the molecule is CCCNCc1cccnc1N1CCN(C(C)(C)C)CC1. The van der Waals surface area contributed by atoms with Crippen LogP contribution in [0.4, 0.5) is 5.82 Å². The van der Waals surface area contributed by atoms with Crippen molar-refractivity contribution in [3.8, 4) is 0 Å². The summed E-state index contributed by atoms with van der Waals surface area (Å²) < 4.78 is 0. The Labute approximate surface area is 129 Å². The van der Waals surface area contributed by atoms with Crippen LogP contribution >= 0.6 is 0 Å². The maximum atomic E-state index is 4.64. The Morgan fingerprint density at radius 2 is 1.90 bits per heavy atom. The largest absolute Gasteiger partial charge is 0.354 e. The highest BCUT2D eigenvalue weighted by molar-refractivity contribution is 5.47. The zero-order valence-corrected chi connectivity index (χ0v) is 14.0. The molecule has 0 bridgehead atoms. The first-order valence-electron chi connectivity index (χ1n) is 8.17. The summed E-state index contributed by atoms with van der Waals surface area (Å²) in [6, 6.07) is 4.24. The van der Waals surface area contributed by atoms with E-state index in [0.29, 0.717) is 0 Å². The minimum atomic E-state index is 0.266. The van der Waals surface area contributed by atoms with Crippen molar-refractivity contribution in [3.63, 3.8) is 0 Å². The fourth-order valence-corrected chi connectivity index (χ4v) is 2.84.